The molecule has 1 aromatic rings. The van der Waals surface area contributed by atoms with Crippen LogP contribution in [0.5, 0.6) is 0 Å². The maximum Gasteiger partial charge on any atom is 0.314 e. The van der Waals surface area contributed by atoms with Crippen molar-refractivity contribution in [2.24, 2.45) is 0 Å². The molecule has 0 spiro atoms. The molecule has 1 aliphatic heterocycles. The van der Waals surface area contributed by atoms with Crippen molar-refractivity contribution in [2.75, 3.05) is 31.1 Å². The largest absolute Gasteiger partial charge is 0.460 e. The number of ether oxygens (including phenoxy) is 1. The number of ketones is 1. The second kappa shape index (κ2) is 6.92. The molecule has 1 saturated heterocycles. The first-order valence-electron chi connectivity index (χ1n) is 7.66. The van der Waals surface area contributed by atoms with E-state index >= 15 is 0 Å². The summed E-state index contributed by atoms with van der Waals surface area (Å²) in [6.07, 6.45) is -0.218. The molecule has 1 aliphatic rings. The lowest BCUT2D eigenvalue weighted by Gasteiger charge is -2.29. The number of carbonyl (C=O) groups is 2. The van der Waals surface area contributed by atoms with Crippen molar-refractivity contribution >= 4 is 17.4 Å². The van der Waals surface area contributed by atoms with Crippen LogP contribution < -0.4 is 10.2 Å². The minimum Gasteiger partial charge on any atom is -0.460 e. The summed E-state index contributed by atoms with van der Waals surface area (Å²) in [4.78, 5) is 26.1. The fourth-order valence-electron chi connectivity index (χ4n) is 2.39. The van der Waals surface area contributed by atoms with E-state index in [0.29, 0.717) is 5.56 Å². The molecule has 0 amide bonds. The zero-order valence-electron chi connectivity index (χ0n) is 13.5. The van der Waals surface area contributed by atoms with Crippen LogP contribution in [-0.4, -0.2) is 43.5 Å². The molecule has 0 bridgehead atoms. The second-order valence-electron chi connectivity index (χ2n) is 6.47. The Kier molecular flexibility index (Phi) is 5.19. The number of anilines is 1. The van der Waals surface area contributed by atoms with Gasteiger partial charge in [0.25, 0.3) is 0 Å². The number of hydrogen-bond acceptors (Lipinski definition) is 5. The third kappa shape index (κ3) is 4.84. The molecular weight excluding hydrogens is 280 g/mol. The fourth-order valence-corrected chi connectivity index (χ4v) is 2.39. The van der Waals surface area contributed by atoms with Crippen molar-refractivity contribution in [3.63, 3.8) is 0 Å². The van der Waals surface area contributed by atoms with Crippen molar-refractivity contribution in [3.8, 4) is 0 Å². The van der Waals surface area contributed by atoms with Gasteiger partial charge in [0.2, 0.25) is 0 Å². The minimum atomic E-state index is -0.566. The van der Waals surface area contributed by atoms with Crippen LogP contribution in [0.4, 0.5) is 5.69 Å². The van der Waals surface area contributed by atoms with E-state index in [0.717, 1.165) is 31.9 Å². The topological polar surface area (TPSA) is 58.6 Å². The zero-order valence-corrected chi connectivity index (χ0v) is 13.5. The van der Waals surface area contributed by atoms with Crippen molar-refractivity contribution in [3.05, 3.63) is 29.8 Å². The van der Waals surface area contributed by atoms with Gasteiger partial charge in [-0.25, -0.2) is 0 Å². The first-order valence-corrected chi connectivity index (χ1v) is 7.66. The quantitative estimate of drug-likeness (QED) is 0.524. The van der Waals surface area contributed by atoms with E-state index < -0.39 is 11.6 Å². The summed E-state index contributed by atoms with van der Waals surface area (Å²) in [6, 6.07) is 7.44. The molecule has 1 fully saturated rings. The average molecular weight is 304 g/mol. The molecule has 5 heteroatoms. The highest BCUT2D eigenvalue weighted by atomic mass is 16.6. The van der Waals surface area contributed by atoms with Crippen molar-refractivity contribution in [1.82, 2.24) is 5.32 Å². The Morgan fingerprint density at radius 1 is 1.14 bits per heavy atom. The van der Waals surface area contributed by atoms with Gasteiger partial charge in [-0.3, -0.25) is 9.59 Å². The Morgan fingerprint density at radius 3 is 2.27 bits per heavy atom. The average Bonchev–Trinajstić information content (AvgIpc) is 2.46. The lowest BCUT2D eigenvalue weighted by molar-refractivity contribution is -0.153. The molecule has 2 rings (SSSR count). The first kappa shape index (κ1) is 16.5. The van der Waals surface area contributed by atoms with Crippen LogP contribution in [0.2, 0.25) is 0 Å². The molecule has 0 unspecified atom stereocenters. The van der Waals surface area contributed by atoms with Gasteiger partial charge in [-0.15, -0.1) is 0 Å². The molecule has 0 aliphatic carbocycles. The molecule has 1 heterocycles. The highest BCUT2D eigenvalue weighted by Gasteiger charge is 2.20. The molecular formula is C17H24N2O3. The summed E-state index contributed by atoms with van der Waals surface area (Å²) >= 11 is 0. The van der Waals surface area contributed by atoms with Crippen LogP contribution in [0.1, 0.15) is 37.6 Å². The summed E-state index contributed by atoms with van der Waals surface area (Å²) in [5.74, 6) is -0.690. The van der Waals surface area contributed by atoms with E-state index in [-0.39, 0.29) is 12.2 Å². The van der Waals surface area contributed by atoms with Gasteiger partial charge in [0.1, 0.15) is 12.0 Å². The lowest BCUT2D eigenvalue weighted by atomic mass is 10.1. The van der Waals surface area contributed by atoms with Crippen molar-refractivity contribution in [1.29, 1.82) is 0 Å². The Morgan fingerprint density at radius 2 is 1.73 bits per heavy atom. The number of carbonyl (C=O) groups excluding carboxylic acids is 2. The van der Waals surface area contributed by atoms with E-state index in [2.05, 4.69) is 10.2 Å². The summed E-state index contributed by atoms with van der Waals surface area (Å²) in [5.41, 5.74) is 1.09. The van der Waals surface area contributed by atoms with Crippen LogP contribution in [0, 0.1) is 0 Å². The molecule has 0 radical (unpaired) electrons. The van der Waals surface area contributed by atoms with E-state index in [4.69, 9.17) is 4.74 Å². The van der Waals surface area contributed by atoms with Crippen molar-refractivity contribution < 1.29 is 14.3 Å². The van der Waals surface area contributed by atoms with Gasteiger partial charge < -0.3 is 15.0 Å². The molecule has 1 aromatic carbocycles. The van der Waals surface area contributed by atoms with Gasteiger partial charge in [-0.2, -0.15) is 0 Å². The molecule has 120 valence electrons. The molecule has 0 atom stereocenters. The monoisotopic (exact) mass is 304 g/mol. The van der Waals surface area contributed by atoms with Crippen LogP contribution in [0.25, 0.3) is 0 Å². The van der Waals surface area contributed by atoms with Crippen LogP contribution in [0.15, 0.2) is 24.3 Å². The van der Waals surface area contributed by atoms with Crippen LogP contribution in [-0.2, 0) is 9.53 Å². The van der Waals surface area contributed by atoms with Gasteiger partial charge in [-0.05, 0) is 45.0 Å². The lowest BCUT2D eigenvalue weighted by Crippen LogP contribution is -2.43. The van der Waals surface area contributed by atoms with E-state index in [1.54, 1.807) is 32.9 Å². The summed E-state index contributed by atoms with van der Waals surface area (Å²) < 4.78 is 5.17. The number of nitrogens with one attached hydrogen (secondary N) is 1. The molecule has 1 N–H and O–H groups in total. The van der Waals surface area contributed by atoms with Crippen molar-refractivity contribution in [2.45, 2.75) is 32.8 Å². The Balaban J connectivity index is 1.94. The maximum absolute atomic E-state index is 12.1. The number of piperazine rings is 1. The zero-order chi connectivity index (χ0) is 16.2. The third-order valence-electron chi connectivity index (χ3n) is 3.40. The Bertz CT molecular complexity index is 526. The Hall–Kier alpha value is -1.88. The SMILES string of the molecule is CC(C)(C)OC(=O)CC(=O)c1ccc(N2CCNCC2)cc1. The van der Waals surface area contributed by atoms with E-state index in [9.17, 15) is 9.59 Å². The van der Waals surface area contributed by atoms with E-state index in [1.165, 1.54) is 0 Å². The number of nitrogens with zero attached hydrogens (tertiary/aromatic N) is 1. The Labute approximate surface area is 131 Å². The third-order valence-corrected chi connectivity index (χ3v) is 3.40. The molecule has 0 aromatic heterocycles. The summed E-state index contributed by atoms with van der Waals surface area (Å²) in [6.45, 7) is 9.24. The number of benzene rings is 1. The van der Waals surface area contributed by atoms with E-state index in [1.807, 2.05) is 12.1 Å². The summed E-state index contributed by atoms with van der Waals surface area (Å²) in [7, 11) is 0. The number of Topliss-reactive ketones (excluding diaryl/α,β-unsaturated/α-hetero) is 1. The maximum atomic E-state index is 12.1. The van der Waals surface area contributed by atoms with Gasteiger partial charge in [0.15, 0.2) is 5.78 Å². The van der Waals surface area contributed by atoms with Crippen LogP contribution in [0.3, 0.4) is 0 Å². The smallest absolute Gasteiger partial charge is 0.314 e. The highest BCUT2D eigenvalue weighted by molar-refractivity contribution is 6.06. The van der Waals surface area contributed by atoms with Gasteiger partial charge in [0.05, 0.1) is 0 Å². The van der Waals surface area contributed by atoms with Gasteiger partial charge in [0, 0.05) is 37.4 Å². The molecule has 22 heavy (non-hydrogen) atoms. The standard InChI is InChI=1S/C17H24N2O3/c1-17(2,3)22-16(21)12-15(20)13-4-6-14(7-5-13)19-10-8-18-9-11-19/h4-7,18H,8-12H2,1-3H3. The predicted molar refractivity (Wildman–Crippen MR) is 86.3 cm³/mol. The van der Waals surface area contributed by atoms with Gasteiger partial charge >= 0.3 is 5.97 Å². The number of hydrogen-bond donors (Lipinski definition) is 1. The molecule has 5 nitrogen and oxygen atoms in total. The normalized spacial score (nSPS) is 15.5. The summed E-state index contributed by atoms with van der Waals surface area (Å²) in [5, 5.41) is 3.31. The second-order valence-corrected chi connectivity index (χ2v) is 6.47. The number of esters is 1. The number of rotatable bonds is 4. The highest BCUT2D eigenvalue weighted by Crippen LogP contribution is 2.17. The van der Waals surface area contributed by atoms with Gasteiger partial charge in [-0.1, -0.05) is 0 Å². The predicted octanol–water partition coefficient (Wildman–Crippen LogP) is 2.01. The van der Waals surface area contributed by atoms with Crippen LogP contribution >= 0.6 is 0 Å². The fraction of sp³-hybridized carbons (Fsp3) is 0.529. The first-order chi connectivity index (χ1) is 10.3. The minimum absolute atomic E-state index is 0.207. The molecule has 0 saturated carbocycles.